The average Bonchev–Trinajstić information content (AvgIpc) is 2.94. The Kier molecular flexibility index (Phi) is 6.29. The number of carbonyl (C=O) groups is 1. The van der Waals surface area contributed by atoms with Crippen LogP contribution in [0.1, 0.15) is 31.3 Å². The van der Waals surface area contributed by atoms with Crippen LogP contribution in [0.25, 0.3) is 0 Å². The van der Waals surface area contributed by atoms with Crippen molar-refractivity contribution >= 4 is 22.4 Å². The van der Waals surface area contributed by atoms with E-state index in [0.29, 0.717) is 18.2 Å². The largest absolute Gasteiger partial charge is 0.493 e. The number of ether oxygens (including phenoxy) is 1. The summed E-state index contributed by atoms with van der Waals surface area (Å²) in [5.74, 6) is 0.670. The molecule has 1 amide bonds. The zero-order valence-electron chi connectivity index (χ0n) is 13.6. The van der Waals surface area contributed by atoms with E-state index in [1.165, 1.54) is 23.0 Å². The van der Waals surface area contributed by atoms with Crippen LogP contribution in [-0.4, -0.2) is 22.7 Å². The Balaban J connectivity index is 1.80. The van der Waals surface area contributed by atoms with Crippen molar-refractivity contribution in [2.24, 2.45) is 0 Å². The zero-order valence-corrected chi connectivity index (χ0v) is 14.4. The first-order chi connectivity index (χ1) is 11.1. The smallest absolute Gasteiger partial charge is 0.250 e. The fourth-order valence-electron chi connectivity index (χ4n) is 1.89. The van der Waals surface area contributed by atoms with Gasteiger partial charge in [0.25, 0.3) is 0 Å². The lowest BCUT2D eigenvalue weighted by molar-refractivity contribution is -0.111. The molecule has 1 N–H and O–H groups in total. The molecule has 122 valence electrons. The van der Waals surface area contributed by atoms with Crippen LogP contribution in [-0.2, 0) is 17.6 Å². The highest BCUT2D eigenvalue weighted by Gasteiger charge is 2.07. The summed E-state index contributed by atoms with van der Waals surface area (Å²) in [4.78, 5) is 11.6. The number of anilines is 1. The zero-order chi connectivity index (χ0) is 16.7. The normalized spacial score (nSPS) is 10.2. The van der Waals surface area contributed by atoms with Gasteiger partial charge in [-0.15, -0.1) is 10.2 Å². The van der Waals surface area contributed by atoms with Crippen LogP contribution in [0, 0.1) is 0 Å². The number of benzene rings is 1. The maximum atomic E-state index is 11.6. The number of hydrogen-bond donors (Lipinski definition) is 1. The van der Waals surface area contributed by atoms with Crippen LogP contribution in [0.15, 0.2) is 35.9 Å². The molecule has 0 atom stereocenters. The number of allylic oxidation sites excluding steroid dienone is 1. The van der Waals surface area contributed by atoms with E-state index in [9.17, 15) is 4.79 Å². The van der Waals surface area contributed by atoms with E-state index in [-0.39, 0.29) is 5.91 Å². The summed E-state index contributed by atoms with van der Waals surface area (Å²) < 4.78 is 5.69. The van der Waals surface area contributed by atoms with Crippen LogP contribution in [0.2, 0.25) is 0 Å². The fourth-order valence-corrected chi connectivity index (χ4v) is 2.61. The molecule has 0 bridgehead atoms. The second-order valence-electron chi connectivity index (χ2n) is 5.31. The van der Waals surface area contributed by atoms with Crippen molar-refractivity contribution < 1.29 is 9.53 Å². The minimum atomic E-state index is -0.181. The van der Waals surface area contributed by atoms with Crippen LogP contribution in [0.3, 0.4) is 0 Å². The average molecular weight is 331 g/mol. The van der Waals surface area contributed by atoms with Crippen LogP contribution in [0.4, 0.5) is 5.13 Å². The predicted octanol–water partition coefficient (Wildman–Crippen LogP) is 3.63. The lowest BCUT2D eigenvalue weighted by Crippen LogP contribution is -2.07. The summed E-state index contributed by atoms with van der Waals surface area (Å²) in [7, 11) is 0. The molecule has 1 heterocycles. The number of aromatic nitrogens is 2. The number of hydrogen-bond acceptors (Lipinski definition) is 5. The van der Waals surface area contributed by atoms with Crippen molar-refractivity contribution in [1.82, 2.24) is 10.2 Å². The van der Waals surface area contributed by atoms with E-state index in [4.69, 9.17) is 4.74 Å². The van der Waals surface area contributed by atoms with Crippen molar-refractivity contribution in [2.45, 2.75) is 33.6 Å². The molecule has 1 aromatic carbocycles. The molecule has 0 saturated heterocycles. The Morgan fingerprint density at radius 3 is 2.65 bits per heavy atom. The Morgan fingerprint density at radius 2 is 2.00 bits per heavy atom. The van der Waals surface area contributed by atoms with Gasteiger partial charge in [0.1, 0.15) is 10.8 Å². The number of aryl methyl sites for hydroxylation is 1. The standard InChI is InChI=1S/C17H21N3O2S/c1-4-13-5-7-14(8-6-13)22-10-9-16-19-20-17(23-16)18-15(21)11-12(2)3/h5-8,11H,4,9-10H2,1-3H3,(H,18,20,21). The Bertz CT molecular complexity index is 673. The maximum Gasteiger partial charge on any atom is 0.250 e. The maximum absolute atomic E-state index is 11.6. The number of nitrogens with zero attached hydrogens (tertiary/aromatic N) is 2. The van der Waals surface area contributed by atoms with Crippen molar-refractivity contribution in [1.29, 1.82) is 0 Å². The van der Waals surface area contributed by atoms with Crippen molar-refractivity contribution in [3.8, 4) is 5.75 Å². The third kappa shape index (κ3) is 5.83. The SMILES string of the molecule is CCc1ccc(OCCc2nnc(NC(=O)C=C(C)C)s2)cc1. The van der Waals surface area contributed by atoms with Crippen LogP contribution < -0.4 is 10.1 Å². The molecule has 2 rings (SSSR count). The number of amides is 1. The van der Waals surface area contributed by atoms with Gasteiger partial charge in [0.2, 0.25) is 11.0 Å². The molecule has 0 aliphatic heterocycles. The van der Waals surface area contributed by atoms with Crippen LogP contribution in [0.5, 0.6) is 5.75 Å². The van der Waals surface area contributed by atoms with Gasteiger partial charge in [-0.2, -0.15) is 0 Å². The molecule has 5 nitrogen and oxygen atoms in total. The Hall–Kier alpha value is -2.21. The fraction of sp³-hybridized carbons (Fsp3) is 0.353. The van der Waals surface area contributed by atoms with Crippen molar-refractivity contribution in [3.63, 3.8) is 0 Å². The third-order valence-corrected chi connectivity index (χ3v) is 3.93. The number of rotatable bonds is 7. The number of nitrogens with one attached hydrogen (secondary N) is 1. The molecular weight excluding hydrogens is 310 g/mol. The Labute approximate surface area is 140 Å². The molecule has 1 aromatic heterocycles. The first kappa shape index (κ1) is 17.1. The highest BCUT2D eigenvalue weighted by molar-refractivity contribution is 7.15. The van der Waals surface area contributed by atoms with E-state index in [2.05, 4.69) is 34.6 Å². The number of carbonyl (C=O) groups excluding carboxylic acids is 1. The summed E-state index contributed by atoms with van der Waals surface area (Å²) in [6.07, 6.45) is 3.21. The minimum absolute atomic E-state index is 0.181. The molecule has 23 heavy (non-hydrogen) atoms. The summed E-state index contributed by atoms with van der Waals surface area (Å²) >= 11 is 1.37. The van der Waals surface area contributed by atoms with E-state index in [1.807, 2.05) is 26.0 Å². The third-order valence-electron chi connectivity index (χ3n) is 3.03. The van der Waals surface area contributed by atoms with Gasteiger partial charge in [-0.3, -0.25) is 10.1 Å². The Morgan fingerprint density at radius 1 is 1.26 bits per heavy atom. The van der Waals surface area contributed by atoms with E-state index in [1.54, 1.807) is 0 Å². The van der Waals surface area contributed by atoms with Gasteiger partial charge in [-0.25, -0.2) is 0 Å². The molecule has 6 heteroatoms. The summed E-state index contributed by atoms with van der Waals surface area (Å²) in [5.41, 5.74) is 2.23. The van der Waals surface area contributed by atoms with Gasteiger partial charge in [-0.05, 0) is 38.0 Å². The quantitative estimate of drug-likeness (QED) is 0.787. The van der Waals surface area contributed by atoms with E-state index < -0.39 is 0 Å². The highest BCUT2D eigenvalue weighted by atomic mass is 32.1. The first-order valence-corrected chi connectivity index (χ1v) is 8.38. The predicted molar refractivity (Wildman–Crippen MR) is 93.0 cm³/mol. The van der Waals surface area contributed by atoms with Gasteiger partial charge >= 0.3 is 0 Å². The van der Waals surface area contributed by atoms with Crippen molar-refractivity contribution in [3.05, 3.63) is 46.5 Å². The monoisotopic (exact) mass is 331 g/mol. The molecule has 0 unspecified atom stereocenters. The lowest BCUT2D eigenvalue weighted by atomic mass is 10.2. The van der Waals surface area contributed by atoms with Gasteiger partial charge in [0.15, 0.2) is 0 Å². The molecule has 0 radical (unpaired) electrons. The summed E-state index contributed by atoms with van der Waals surface area (Å²) in [6.45, 7) is 6.40. The van der Waals surface area contributed by atoms with Gasteiger partial charge in [0.05, 0.1) is 6.61 Å². The van der Waals surface area contributed by atoms with E-state index >= 15 is 0 Å². The van der Waals surface area contributed by atoms with Crippen molar-refractivity contribution in [2.75, 3.05) is 11.9 Å². The topological polar surface area (TPSA) is 64.1 Å². The molecule has 0 spiro atoms. The molecule has 0 aliphatic rings. The van der Waals surface area contributed by atoms with Gasteiger partial charge in [-0.1, -0.05) is 36.0 Å². The highest BCUT2D eigenvalue weighted by Crippen LogP contribution is 2.17. The molecule has 0 fully saturated rings. The molecular formula is C17H21N3O2S. The molecule has 0 saturated carbocycles. The second kappa shape index (κ2) is 8.43. The van der Waals surface area contributed by atoms with E-state index in [0.717, 1.165) is 22.8 Å². The van der Waals surface area contributed by atoms with Gasteiger partial charge in [0, 0.05) is 12.5 Å². The summed E-state index contributed by atoms with van der Waals surface area (Å²) in [6, 6.07) is 8.09. The lowest BCUT2D eigenvalue weighted by Gasteiger charge is -2.05. The molecule has 2 aromatic rings. The summed E-state index contributed by atoms with van der Waals surface area (Å²) in [5, 5.41) is 12.1. The van der Waals surface area contributed by atoms with Crippen LogP contribution >= 0.6 is 11.3 Å². The van der Waals surface area contributed by atoms with Gasteiger partial charge < -0.3 is 4.74 Å². The first-order valence-electron chi connectivity index (χ1n) is 7.57. The molecule has 0 aliphatic carbocycles. The minimum Gasteiger partial charge on any atom is -0.493 e. The second-order valence-corrected chi connectivity index (χ2v) is 6.37.